The molecule has 0 heterocycles. The normalized spacial score (nSPS) is 12.9. The molecule has 1 atom stereocenters. The molecule has 0 aromatic heterocycles. The van der Waals surface area contributed by atoms with Crippen LogP contribution in [0.25, 0.3) is 0 Å². The standard InChI is InChI=1S/C15H25NO2/c1-5-17-15(18-6-2)11-16-13(4)14-9-7-12(3)8-10-14/h7-10,13,15-16H,5-6,11H2,1-4H3. The SMILES string of the molecule is CCOC(CNC(C)c1ccc(C)cc1)OCC. The van der Waals surface area contributed by atoms with Gasteiger partial charge < -0.3 is 14.8 Å². The predicted molar refractivity (Wildman–Crippen MR) is 74.6 cm³/mol. The summed E-state index contributed by atoms with van der Waals surface area (Å²) in [7, 11) is 0. The lowest BCUT2D eigenvalue weighted by atomic mass is 10.1. The van der Waals surface area contributed by atoms with E-state index in [4.69, 9.17) is 9.47 Å². The summed E-state index contributed by atoms with van der Waals surface area (Å²) < 4.78 is 11.0. The van der Waals surface area contributed by atoms with Crippen LogP contribution >= 0.6 is 0 Å². The van der Waals surface area contributed by atoms with E-state index >= 15 is 0 Å². The van der Waals surface area contributed by atoms with Crippen molar-refractivity contribution in [3.05, 3.63) is 35.4 Å². The second kappa shape index (κ2) is 8.25. The van der Waals surface area contributed by atoms with Crippen molar-refractivity contribution in [1.82, 2.24) is 5.32 Å². The minimum Gasteiger partial charge on any atom is -0.352 e. The van der Waals surface area contributed by atoms with Crippen molar-refractivity contribution < 1.29 is 9.47 Å². The maximum absolute atomic E-state index is 5.50. The minimum atomic E-state index is -0.159. The van der Waals surface area contributed by atoms with Crippen molar-refractivity contribution in [2.75, 3.05) is 19.8 Å². The van der Waals surface area contributed by atoms with Gasteiger partial charge in [-0.05, 0) is 33.3 Å². The molecular weight excluding hydrogens is 226 g/mol. The van der Waals surface area contributed by atoms with Crippen LogP contribution < -0.4 is 5.32 Å². The monoisotopic (exact) mass is 251 g/mol. The molecule has 0 saturated heterocycles. The molecular formula is C15H25NO2. The number of rotatable bonds is 8. The Labute approximate surface area is 110 Å². The third-order valence-electron chi connectivity index (χ3n) is 2.87. The Morgan fingerprint density at radius 2 is 1.61 bits per heavy atom. The quantitative estimate of drug-likeness (QED) is 0.720. The second-order valence-electron chi connectivity index (χ2n) is 4.38. The average molecular weight is 251 g/mol. The summed E-state index contributed by atoms with van der Waals surface area (Å²) in [6.45, 7) is 10.3. The summed E-state index contributed by atoms with van der Waals surface area (Å²) in [6, 6.07) is 8.88. The number of ether oxygens (including phenoxy) is 2. The molecule has 0 amide bonds. The molecule has 18 heavy (non-hydrogen) atoms. The van der Waals surface area contributed by atoms with Crippen LogP contribution in [-0.4, -0.2) is 26.0 Å². The number of nitrogens with one attached hydrogen (secondary N) is 1. The lowest BCUT2D eigenvalue weighted by molar-refractivity contribution is -0.133. The summed E-state index contributed by atoms with van der Waals surface area (Å²) in [5.41, 5.74) is 2.57. The zero-order valence-electron chi connectivity index (χ0n) is 11.9. The van der Waals surface area contributed by atoms with Gasteiger partial charge in [0.1, 0.15) is 0 Å². The first-order chi connectivity index (χ1) is 8.67. The Balaban J connectivity index is 2.43. The van der Waals surface area contributed by atoms with Crippen LogP contribution in [0.4, 0.5) is 0 Å². The highest BCUT2D eigenvalue weighted by atomic mass is 16.7. The van der Waals surface area contributed by atoms with Gasteiger partial charge in [0, 0.05) is 25.8 Å². The highest BCUT2D eigenvalue weighted by molar-refractivity contribution is 5.23. The van der Waals surface area contributed by atoms with Crippen molar-refractivity contribution in [2.45, 2.75) is 40.0 Å². The number of aryl methyl sites for hydroxylation is 1. The zero-order valence-corrected chi connectivity index (χ0v) is 11.9. The highest BCUT2D eigenvalue weighted by Gasteiger charge is 2.10. The fourth-order valence-corrected chi connectivity index (χ4v) is 1.78. The van der Waals surface area contributed by atoms with Gasteiger partial charge in [-0.3, -0.25) is 0 Å². The Bertz CT molecular complexity index is 318. The number of hydrogen-bond donors (Lipinski definition) is 1. The molecule has 1 aromatic rings. The van der Waals surface area contributed by atoms with Crippen molar-refractivity contribution in [3.63, 3.8) is 0 Å². The molecule has 1 rings (SSSR count). The van der Waals surface area contributed by atoms with E-state index in [9.17, 15) is 0 Å². The van der Waals surface area contributed by atoms with Crippen LogP contribution in [0.15, 0.2) is 24.3 Å². The maximum Gasteiger partial charge on any atom is 0.169 e. The van der Waals surface area contributed by atoms with Crippen LogP contribution in [-0.2, 0) is 9.47 Å². The summed E-state index contributed by atoms with van der Waals surface area (Å²) >= 11 is 0. The van der Waals surface area contributed by atoms with Crippen LogP contribution in [0.5, 0.6) is 0 Å². The van der Waals surface area contributed by atoms with Crippen molar-refractivity contribution >= 4 is 0 Å². The molecule has 0 aliphatic rings. The number of benzene rings is 1. The first-order valence-corrected chi connectivity index (χ1v) is 6.70. The molecule has 1 aromatic carbocycles. The van der Waals surface area contributed by atoms with E-state index < -0.39 is 0 Å². The molecule has 1 unspecified atom stereocenters. The fraction of sp³-hybridized carbons (Fsp3) is 0.600. The Morgan fingerprint density at radius 3 is 2.11 bits per heavy atom. The molecule has 3 heteroatoms. The zero-order chi connectivity index (χ0) is 13.4. The van der Waals surface area contributed by atoms with Gasteiger partial charge in [-0.2, -0.15) is 0 Å². The molecule has 0 saturated carbocycles. The van der Waals surface area contributed by atoms with E-state index in [0.29, 0.717) is 25.8 Å². The van der Waals surface area contributed by atoms with E-state index in [1.165, 1.54) is 11.1 Å². The van der Waals surface area contributed by atoms with E-state index in [1.807, 2.05) is 13.8 Å². The smallest absolute Gasteiger partial charge is 0.169 e. The molecule has 0 radical (unpaired) electrons. The molecule has 0 aliphatic carbocycles. The molecule has 3 nitrogen and oxygen atoms in total. The van der Waals surface area contributed by atoms with Crippen LogP contribution in [0.2, 0.25) is 0 Å². The van der Waals surface area contributed by atoms with Gasteiger partial charge in [0.2, 0.25) is 0 Å². The number of hydrogen-bond acceptors (Lipinski definition) is 3. The van der Waals surface area contributed by atoms with Gasteiger partial charge >= 0.3 is 0 Å². The predicted octanol–water partition coefficient (Wildman–Crippen LogP) is 3.04. The van der Waals surface area contributed by atoms with Crippen molar-refractivity contribution in [1.29, 1.82) is 0 Å². The van der Waals surface area contributed by atoms with E-state index in [1.54, 1.807) is 0 Å². The molecule has 0 fully saturated rings. The second-order valence-corrected chi connectivity index (χ2v) is 4.38. The summed E-state index contributed by atoms with van der Waals surface area (Å²) in [5, 5.41) is 3.44. The van der Waals surface area contributed by atoms with E-state index in [-0.39, 0.29) is 6.29 Å². The molecule has 0 aliphatic heterocycles. The minimum absolute atomic E-state index is 0.159. The summed E-state index contributed by atoms with van der Waals surface area (Å²) in [4.78, 5) is 0. The average Bonchev–Trinajstić information content (AvgIpc) is 2.37. The first-order valence-electron chi connectivity index (χ1n) is 6.70. The summed E-state index contributed by atoms with van der Waals surface area (Å²) in [6.07, 6.45) is -0.159. The van der Waals surface area contributed by atoms with Gasteiger partial charge in [-0.1, -0.05) is 29.8 Å². The van der Waals surface area contributed by atoms with E-state index in [0.717, 1.165) is 0 Å². The third-order valence-corrected chi connectivity index (χ3v) is 2.87. The molecule has 102 valence electrons. The van der Waals surface area contributed by atoms with Gasteiger partial charge in [-0.15, -0.1) is 0 Å². The Morgan fingerprint density at radius 1 is 1.06 bits per heavy atom. The molecule has 1 N–H and O–H groups in total. The summed E-state index contributed by atoms with van der Waals surface area (Å²) in [5.74, 6) is 0. The van der Waals surface area contributed by atoms with E-state index in [2.05, 4.69) is 43.4 Å². The van der Waals surface area contributed by atoms with Crippen LogP contribution in [0, 0.1) is 6.92 Å². The highest BCUT2D eigenvalue weighted by Crippen LogP contribution is 2.13. The van der Waals surface area contributed by atoms with Gasteiger partial charge in [0.25, 0.3) is 0 Å². The first kappa shape index (κ1) is 15.2. The maximum atomic E-state index is 5.50. The van der Waals surface area contributed by atoms with Gasteiger partial charge in [-0.25, -0.2) is 0 Å². The fourth-order valence-electron chi connectivity index (χ4n) is 1.78. The van der Waals surface area contributed by atoms with Crippen LogP contribution in [0.3, 0.4) is 0 Å². The van der Waals surface area contributed by atoms with Gasteiger partial charge in [0.05, 0.1) is 0 Å². The topological polar surface area (TPSA) is 30.5 Å². The van der Waals surface area contributed by atoms with Gasteiger partial charge in [0.15, 0.2) is 6.29 Å². The lowest BCUT2D eigenvalue weighted by Gasteiger charge is -2.21. The van der Waals surface area contributed by atoms with Crippen molar-refractivity contribution in [3.8, 4) is 0 Å². The lowest BCUT2D eigenvalue weighted by Crippen LogP contribution is -2.33. The van der Waals surface area contributed by atoms with Crippen molar-refractivity contribution in [2.24, 2.45) is 0 Å². The molecule has 0 bridgehead atoms. The Kier molecular flexibility index (Phi) is 6.94. The largest absolute Gasteiger partial charge is 0.352 e. The Hall–Kier alpha value is -0.900. The third kappa shape index (κ3) is 5.17. The van der Waals surface area contributed by atoms with Crippen LogP contribution in [0.1, 0.15) is 37.9 Å². The molecule has 0 spiro atoms.